The molecule has 2 aromatic heterocycles. The van der Waals surface area contributed by atoms with E-state index < -0.39 is 0 Å². The summed E-state index contributed by atoms with van der Waals surface area (Å²) in [5.74, 6) is 0.367. The molecule has 0 spiro atoms. The van der Waals surface area contributed by atoms with Crippen LogP contribution < -0.4 is 11.3 Å². The highest BCUT2D eigenvalue weighted by Crippen LogP contribution is 2.08. The molecule has 0 fully saturated rings. The average Bonchev–Trinajstić information content (AvgIpc) is 2.48. The van der Waals surface area contributed by atoms with Gasteiger partial charge in [0.05, 0.1) is 11.7 Å². The number of pyridine rings is 1. The molecule has 0 atom stereocenters. The van der Waals surface area contributed by atoms with Crippen LogP contribution in [0.25, 0.3) is 11.0 Å². The molecule has 3 rings (SSSR count). The van der Waals surface area contributed by atoms with Crippen LogP contribution in [0.15, 0.2) is 47.5 Å². The quantitative estimate of drug-likeness (QED) is 0.795. The van der Waals surface area contributed by atoms with Crippen LogP contribution in [0.5, 0.6) is 0 Å². The minimum absolute atomic E-state index is 0.0837. The van der Waals surface area contributed by atoms with Crippen LogP contribution in [-0.2, 0) is 13.0 Å². The molecule has 0 amide bonds. The van der Waals surface area contributed by atoms with Crippen LogP contribution in [-0.4, -0.2) is 14.5 Å². The Morgan fingerprint density at radius 3 is 2.67 bits per heavy atom. The van der Waals surface area contributed by atoms with Crippen molar-refractivity contribution in [3.63, 3.8) is 0 Å². The summed E-state index contributed by atoms with van der Waals surface area (Å²) in [4.78, 5) is 20.6. The third-order valence-corrected chi connectivity index (χ3v) is 3.47. The van der Waals surface area contributed by atoms with Crippen LogP contribution >= 0.6 is 0 Å². The van der Waals surface area contributed by atoms with Crippen LogP contribution in [0, 0.1) is 6.92 Å². The molecule has 1 aromatic carbocycles. The number of hydrogen-bond acceptors (Lipinski definition) is 4. The third kappa shape index (κ3) is 2.76. The maximum Gasteiger partial charge on any atom is 0.262 e. The Hall–Kier alpha value is -2.69. The number of nitrogens with two attached hydrogens (primary N) is 1. The van der Waals surface area contributed by atoms with Crippen LogP contribution in [0.1, 0.15) is 11.1 Å². The first-order valence-corrected chi connectivity index (χ1v) is 6.81. The van der Waals surface area contributed by atoms with Gasteiger partial charge in [-0.1, -0.05) is 29.8 Å². The molecule has 0 aliphatic rings. The Morgan fingerprint density at radius 1 is 1.14 bits per heavy atom. The summed E-state index contributed by atoms with van der Waals surface area (Å²) < 4.78 is 1.61. The minimum atomic E-state index is -0.0837. The average molecular weight is 280 g/mol. The molecular weight excluding hydrogens is 264 g/mol. The highest BCUT2D eigenvalue weighted by Gasteiger charge is 2.05. The third-order valence-electron chi connectivity index (χ3n) is 3.47. The predicted molar refractivity (Wildman–Crippen MR) is 83.1 cm³/mol. The molecule has 5 heteroatoms. The topological polar surface area (TPSA) is 73.8 Å². The van der Waals surface area contributed by atoms with Gasteiger partial charge in [0.1, 0.15) is 5.82 Å². The fourth-order valence-corrected chi connectivity index (χ4v) is 2.22. The van der Waals surface area contributed by atoms with Crippen molar-refractivity contribution in [2.24, 2.45) is 0 Å². The molecule has 0 saturated carbocycles. The summed E-state index contributed by atoms with van der Waals surface area (Å²) in [6.07, 6.45) is 2.32. The molecule has 0 aliphatic carbocycles. The van der Waals surface area contributed by atoms with Crippen molar-refractivity contribution in [2.45, 2.75) is 19.9 Å². The zero-order valence-corrected chi connectivity index (χ0v) is 11.8. The van der Waals surface area contributed by atoms with E-state index in [1.54, 1.807) is 16.7 Å². The number of aryl methyl sites for hydroxylation is 3. The minimum Gasteiger partial charge on any atom is -0.384 e. The molecular formula is C16H16N4O. The summed E-state index contributed by atoms with van der Waals surface area (Å²) in [5, 5.41) is 0.496. The Balaban J connectivity index is 1.87. The highest BCUT2D eigenvalue weighted by atomic mass is 16.1. The summed E-state index contributed by atoms with van der Waals surface area (Å²) in [6.45, 7) is 2.65. The number of rotatable bonds is 3. The zero-order chi connectivity index (χ0) is 14.8. The number of benzene rings is 1. The smallest absolute Gasteiger partial charge is 0.262 e. The van der Waals surface area contributed by atoms with E-state index in [-0.39, 0.29) is 5.56 Å². The van der Waals surface area contributed by atoms with Crippen molar-refractivity contribution < 1.29 is 0 Å². The number of aromatic nitrogens is 3. The summed E-state index contributed by atoms with van der Waals surface area (Å²) in [6, 6.07) is 11.6. The van der Waals surface area contributed by atoms with E-state index >= 15 is 0 Å². The van der Waals surface area contributed by atoms with Crippen LogP contribution in [0.2, 0.25) is 0 Å². The van der Waals surface area contributed by atoms with Crippen molar-refractivity contribution in [3.05, 3.63) is 64.2 Å². The van der Waals surface area contributed by atoms with Gasteiger partial charge in [-0.2, -0.15) is 0 Å². The summed E-state index contributed by atoms with van der Waals surface area (Å²) in [5.41, 5.74) is 8.34. The van der Waals surface area contributed by atoms with Gasteiger partial charge in [0.25, 0.3) is 5.56 Å². The van der Waals surface area contributed by atoms with Crippen molar-refractivity contribution in [3.8, 4) is 0 Å². The molecule has 0 unspecified atom stereocenters. The molecule has 21 heavy (non-hydrogen) atoms. The fourth-order valence-electron chi connectivity index (χ4n) is 2.22. The standard InChI is InChI=1S/C16H16N4O/c1-11-2-4-12(5-3-11)8-9-20-10-18-15-13(16(20)21)6-7-14(17)19-15/h2-7,10H,8-9H2,1H3,(H2,17,19). The van der Waals surface area contributed by atoms with Crippen molar-refractivity contribution in [1.82, 2.24) is 14.5 Å². The lowest BCUT2D eigenvalue weighted by molar-refractivity contribution is 0.662. The molecule has 0 saturated heterocycles. The first kappa shape index (κ1) is 13.3. The van der Waals surface area contributed by atoms with E-state index in [9.17, 15) is 4.79 Å². The van der Waals surface area contributed by atoms with Gasteiger partial charge in [0, 0.05) is 6.54 Å². The van der Waals surface area contributed by atoms with Crippen LogP contribution in [0.4, 0.5) is 5.82 Å². The predicted octanol–water partition coefficient (Wildman–Crippen LogP) is 1.92. The van der Waals surface area contributed by atoms with Gasteiger partial charge in [-0.15, -0.1) is 0 Å². The van der Waals surface area contributed by atoms with Gasteiger partial charge in [-0.05, 0) is 31.0 Å². The Kier molecular flexibility index (Phi) is 3.39. The van der Waals surface area contributed by atoms with Gasteiger partial charge in [0.15, 0.2) is 5.65 Å². The Morgan fingerprint density at radius 2 is 1.90 bits per heavy atom. The summed E-state index contributed by atoms with van der Waals surface area (Å²) >= 11 is 0. The second-order valence-electron chi connectivity index (χ2n) is 5.09. The molecule has 2 N–H and O–H groups in total. The SMILES string of the molecule is Cc1ccc(CCn2cnc3nc(N)ccc3c2=O)cc1. The Bertz CT molecular complexity index is 837. The van der Waals surface area contributed by atoms with Crippen molar-refractivity contribution >= 4 is 16.9 Å². The maximum absolute atomic E-state index is 12.4. The van der Waals surface area contributed by atoms with Gasteiger partial charge in [0.2, 0.25) is 0 Å². The van der Waals surface area contributed by atoms with Gasteiger partial charge in [-0.3, -0.25) is 9.36 Å². The number of nitrogen functional groups attached to an aromatic ring is 1. The summed E-state index contributed by atoms with van der Waals surface area (Å²) in [7, 11) is 0. The number of anilines is 1. The van der Waals surface area contributed by atoms with E-state index in [1.165, 1.54) is 17.5 Å². The van der Waals surface area contributed by atoms with E-state index in [4.69, 9.17) is 5.73 Å². The first-order valence-electron chi connectivity index (χ1n) is 6.81. The van der Waals surface area contributed by atoms with Crippen LogP contribution in [0.3, 0.4) is 0 Å². The largest absolute Gasteiger partial charge is 0.384 e. The molecule has 106 valence electrons. The van der Waals surface area contributed by atoms with Crippen molar-refractivity contribution in [2.75, 3.05) is 5.73 Å². The first-order chi connectivity index (χ1) is 10.1. The number of nitrogens with zero attached hydrogens (tertiary/aromatic N) is 3. The molecule has 3 aromatic rings. The second-order valence-corrected chi connectivity index (χ2v) is 5.09. The molecule has 2 heterocycles. The van der Waals surface area contributed by atoms with Gasteiger partial charge in [-0.25, -0.2) is 9.97 Å². The van der Waals surface area contributed by atoms with Gasteiger partial charge < -0.3 is 5.73 Å². The molecule has 0 aliphatic heterocycles. The number of hydrogen-bond donors (Lipinski definition) is 1. The highest BCUT2D eigenvalue weighted by molar-refractivity contribution is 5.74. The molecule has 5 nitrogen and oxygen atoms in total. The lowest BCUT2D eigenvalue weighted by atomic mass is 10.1. The van der Waals surface area contributed by atoms with Crippen molar-refractivity contribution in [1.29, 1.82) is 0 Å². The van der Waals surface area contributed by atoms with E-state index in [1.807, 2.05) is 0 Å². The zero-order valence-electron chi connectivity index (χ0n) is 11.8. The van der Waals surface area contributed by atoms with E-state index in [2.05, 4.69) is 41.2 Å². The second kappa shape index (κ2) is 5.36. The normalized spacial score (nSPS) is 10.9. The Labute approximate surface area is 122 Å². The molecule has 0 bridgehead atoms. The van der Waals surface area contributed by atoms with E-state index in [0.29, 0.717) is 23.4 Å². The van der Waals surface area contributed by atoms with Gasteiger partial charge >= 0.3 is 0 Å². The monoisotopic (exact) mass is 280 g/mol. The number of fused-ring (bicyclic) bond motifs is 1. The van der Waals surface area contributed by atoms with E-state index in [0.717, 1.165) is 6.42 Å². The lowest BCUT2D eigenvalue weighted by Gasteiger charge is -2.07. The lowest BCUT2D eigenvalue weighted by Crippen LogP contribution is -2.22. The fraction of sp³-hybridized carbons (Fsp3) is 0.188. The molecule has 0 radical (unpaired) electrons. The maximum atomic E-state index is 12.4.